The van der Waals surface area contributed by atoms with Crippen molar-refractivity contribution in [3.63, 3.8) is 0 Å². The highest BCUT2D eigenvalue weighted by Crippen LogP contribution is 2.29. The summed E-state index contributed by atoms with van der Waals surface area (Å²) in [5, 5.41) is 2.60. The van der Waals surface area contributed by atoms with Gasteiger partial charge in [-0.3, -0.25) is 9.69 Å². The Morgan fingerprint density at radius 1 is 1.39 bits per heavy atom. The number of hydrogen-bond donors (Lipinski definition) is 2. The first-order chi connectivity index (χ1) is 13.0. The Bertz CT molecular complexity index is 739. The molecule has 2 amide bonds. The number of ether oxygens (including phenoxy) is 1. The number of nitrogens with zero attached hydrogens (tertiary/aromatic N) is 2. The van der Waals surface area contributed by atoms with Crippen LogP contribution in [0.5, 0.6) is 0 Å². The van der Waals surface area contributed by atoms with E-state index in [1.807, 2.05) is 0 Å². The number of carbonyl (C=O) groups is 2. The first-order valence-electron chi connectivity index (χ1n) is 9.39. The van der Waals surface area contributed by atoms with E-state index in [0.29, 0.717) is 5.92 Å². The minimum atomic E-state index is -0.866. The molecule has 2 rings (SSSR count). The van der Waals surface area contributed by atoms with Crippen molar-refractivity contribution in [1.82, 2.24) is 9.88 Å². The first-order valence-corrected chi connectivity index (χ1v) is 9.76. The number of halogens is 2. The second-order valence-electron chi connectivity index (χ2n) is 8.14. The monoisotopic (exact) mass is 414 g/mol. The molecule has 1 aliphatic rings. The van der Waals surface area contributed by atoms with E-state index in [0.717, 1.165) is 31.7 Å². The zero-order chi connectivity index (χ0) is 21.1. The van der Waals surface area contributed by atoms with Crippen LogP contribution in [0.3, 0.4) is 0 Å². The fourth-order valence-electron chi connectivity index (χ4n) is 3.32. The van der Waals surface area contributed by atoms with Crippen LogP contribution in [0.4, 0.5) is 15.0 Å². The van der Waals surface area contributed by atoms with Gasteiger partial charge in [0.05, 0.1) is 12.2 Å². The second-order valence-corrected chi connectivity index (χ2v) is 8.49. The molecule has 1 fully saturated rings. The fourth-order valence-corrected chi connectivity index (χ4v) is 3.55. The average Bonchev–Trinajstić information content (AvgIpc) is 2.57. The van der Waals surface area contributed by atoms with Gasteiger partial charge in [-0.2, -0.15) is 0 Å². The van der Waals surface area contributed by atoms with E-state index in [9.17, 15) is 14.0 Å². The lowest BCUT2D eigenvalue weighted by molar-refractivity contribution is 0.00739. The molecule has 1 aromatic rings. The average molecular weight is 415 g/mol. The maximum Gasteiger partial charge on any atom is 0.411 e. The molecule has 1 heterocycles. The fraction of sp³-hybridized carbons (Fsp3) is 0.632. The predicted octanol–water partition coefficient (Wildman–Crippen LogP) is 4.16. The number of amides is 2. The van der Waals surface area contributed by atoms with Gasteiger partial charge in [0, 0.05) is 6.04 Å². The van der Waals surface area contributed by atoms with Gasteiger partial charge < -0.3 is 15.8 Å². The molecule has 28 heavy (non-hydrogen) atoms. The van der Waals surface area contributed by atoms with E-state index >= 15 is 0 Å². The summed E-state index contributed by atoms with van der Waals surface area (Å²) in [6.07, 6.45) is 3.52. The molecule has 1 aliphatic carbocycles. The van der Waals surface area contributed by atoms with Gasteiger partial charge in [-0.05, 0) is 45.6 Å². The largest absolute Gasteiger partial charge is 0.444 e. The van der Waals surface area contributed by atoms with Gasteiger partial charge in [0.15, 0.2) is 11.6 Å². The highest BCUT2D eigenvalue weighted by atomic mass is 35.5. The number of carbonyl (C=O) groups excluding carboxylic acids is 2. The van der Waals surface area contributed by atoms with Gasteiger partial charge >= 0.3 is 6.09 Å². The van der Waals surface area contributed by atoms with Crippen molar-refractivity contribution >= 4 is 29.4 Å². The maximum atomic E-state index is 14.3. The SMILES string of the molecule is CC1CCCC[C@@H]1N(CNc1nc(Cl)c(C(N)=O)cc1F)C(=O)OC(C)(C)C. The molecular weight excluding hydrogens is 387 g/mol. The van der Waals surface area contributed by atoms with Gasteiger partial charge in [0.2, 0.25) is 0 Å². The Kier molecular flexibility index (Phi) is 7.09. The van der Waals surface area contributed by atoms with Crippen LogP contribution in [-0.2, 0) is 4.74 Å². The molecule has 0 bridgehead atoms. The Labute approximate surface area is 169 Å². The van der Waals surface area contributed by atoms with Crippen LogP contribution in [0.15, 0.2) is 6.07 Å². The Balaban J connectivity index is 2.21. The molecule has 9 heteroatoms. The third-order valence-corrected chi connectivity index (χ3v) is 4.99. The second kappa shape index (κ2) is 8.94. The number of nitrogens with two attached hydrogens (primary N) is 1. The minimum absolute atomic E-state index is 0.0000863. The number of anilines is 1. The number of hydrogen-bond acceptors (Lipinski definition) is 5. The van der Waals surface area contributed by atoms with Gasteiger partial charge in [-0.1, -0.05) is 31.4 Å². The van der Waals surface area contributed by atoms with E-state index in [1.54, 1.807) is 25.7 Å². The van der Waals surface area contributed by atoms with Crippen molar-refractivity contribution in [3.8, 4) is 0 Å². The topological polar surface area (TPSA) is 97.5 Å². The van der Waals surface area contributed by atoms with Gasteiger partial charge in [-0.15, -0.1) is 0 Å². The number of aromatic nitrogens is 1. The normalized spacial score (nSPS) is 19.8. The highest BCUT2D eigenvalue weighted by molar-refractivity contribution is 6.32. The van der Waals surface area contributed by atoms with Crippen LogP contribution >= 0.6 is 11.6 Å². The molecule has 0 saturated heterocycles. The Morgan fingerprint density at radius 2 is 2.04 bits per heavy atom. The molecule has 7 nitrogen and oxygen atoms in total. The molecule has 0 radical (unpaired) electrons. The quantitative estimate of drug-likeness (QED) is 0.557. The lowest BCUT2D eigenvalue weighted by Crippen LogP contribution is -2.49. The van der Waals surface area contributed by atoms with Crippen LogP contribution in [0.2, 0.25) is 5.15 Å². The maximum absolute atomic E-state index is 14.3. The van der Waals surface area contributed by atoms with Crippen molar-refractivity contribution < 1.29 is 18.7 Å². The summed E-state index contributed by atoms with van der Waals surface area (Å²) in [5.74, 6) is -1.51. The van der Waals surface area contributed by atoms with Crippen LogP contribution in [0, 0.1) is 11.7 Å². The zero-order valence-electron chi connectivity index (χ0n) is 16.7. The summed E-state index contributed by atoms with van der Waals surface area (Å²) < 4.78 is 19.8. The Morgan fingerprint density at radius 3 is 2.61 bits per heavy atom. The van der Waals surface area contributed by atoms with Crippen LogP contribution in [0.1, 0.15) is 63.7 Å². The summed E-state index contributed by atoms with van der Waals surface area (Å²) in [4.78, 5) is 29.5. The molecule has 1 unspecified atom stereocenters. The van der Waals surface area contributed by atoms with Crippen molar-refractivity contribution in [2.24, 2.45) is 11.7 Å². The molecule has 1 aromatic heterocycles. The smallest absolute Gasteiger partial charge is 0.411 e. The molecule has 156 valence electrons. The van der Waals surface area contributed by atoms with E-state index in [-0.39, 0.29) is 29.2 Å². The predicted molar refractivity (Wildman–Crippen MR) is 106 cm³/mol. The van der Waals surface area contributed by atoms with Crippen LogP contribution in [-0.4, -0.2) is 40.2 Å². The number of pyridine rings is 1. The van der Waals surface area contributed by atoms with Crippen LogP contribution in [0.25, 0.3) is 0 Å². The van der Waals surface area contributed by atoms with Crippen molar-refractivity contribution in [2.45, 2.75) is 65.0 Å². The van der Waals surface area contributed by atoms with E-state index in [4.69, 9.17) is 22.1 Å². The van der Waals surface area contributed by atoms with Gasteiger partial charge in [0.25, 0.3) is 5.91 Å². The summed E-state index contributed by atoms with van der Waals surface area (Å²) in [5.41, 5.74) is 4.30. The third kappa shape index (κ3) is 5.70. The zero-order valence-corrected chi connectivity index (χ0v) is 17.5. The van der Waals surface area contributed by atoms with Crippen LogP contribution < -0.4 is 11.1 Å². The lowest BCUT2D eigenvalue weighted by Gasteiger charge is -2.39. The highest BCUT2D eigenvalue weighted by Gasteiger charge is 2.33. The van der Waals surface area contributed by atoms with E-state index in [1.165, 1.54) is 0 Å². The standard InChI is InChI=1S/C19H28ClFN4O3/c1-11-7-5-6-8-14(11)25(18(27)28-19(2,3)4)10-23-17-13(21)9-12(16(22)26)15(20)24-17/h9,11,14H,5-8,10H2,1-4H3,(H2,22,26)(H,23,24)/t11?,14-/m0/s1. The van der Waals surface area contributed by atoms with E-state index in [2.05, 4.69) is 17.2 Å². The summed E-state index contributed by atoms with van der Waals surface area (Å²) in [7, 11) is 0. The lowest BCUT2D eigenvalue weighted by atomic mass is 9.85. The summed E-state index contributed by atoms with van der Waals surface area (Å²) in [6.45, 7) is 7.48. The molecule has 0 aromatic carbocycles. The molecule has 1 saturated carbocycles. The molecular formula is C19H28ClFN4O3. The number of primary amides is 1. The minimum Gasteiger partial charge on any atom is -0.444 e. The molecule has 0 spiro atoms. The van der Waals surface area contributed by atoms with Gasteiger partial charge in [-0.25, -0.2) is 14.2 Å². The molecule has 2 atom stereocenters. The molecule has 3 N–H and O–H groups in total. The number of rotatable bonds is 5. The van der Waals surface area contributed by atoms with Crippen molar-refractivity contribution in [3.05, 3.63) is 22.6 Å². The van der Waals surface area contributed by atoms with Gasteiger partial charge in [0.1, 0.15) is 10.8 Å². The van der Waals surface area contributed by atoms with Crippen molar-refractivity contribution in [1.29, 1.82) is 0 Å². The summed E-state index contributed by atoms with van der Waals surface area (Å²) >= 11 is 5.91. The molecule has 0 aliphatic heterocycles. The third-order valence-electron chi connectivity index (χ3n) is 4.71. The van der Waals surface area contributed by atoms with E-state index < -0.39 is 23.4 Å². The van der Waals surface area contributed by atoms with Crippen molar-refractivity contribution in [2.75, 3.05) is 12.0 Å². The number of nitrogens with one attached hydrogen (secondary N) is 1. The summed E-state index contributed by atoms with van der Waals surface area (Å²) in [6, 6.07) is 0.903. The Hall–Kier alpha value is -2.09. The first kappa shape index (κ1) is 22.2.